The first-order chi connectivity index (χ1) is 9.70. The monoisotopic (exact) mass is 324 g/mol. The third-order valence-corrected chi connectivity index (χ3v) is 4.69. The fourth-order valence-electron chi connectivity index (χ4n) is 1.60. The summed E-state index contributed by atoms with van der Waals surface area (Å²) in [5, 5.41) is 4.75. The van der Waals surface area contributed by atoms with Crippen LogP contribution in [0.1, 0.15) is 20.1 Å². The molecule has 2 heterocycles. The van der Waals surface area contributed by atoms with E-state index in [2.05, 4.69) is 17.2 Å². The predicted octanol–water partition coefficient (Wildman–Crippen LogP) is 2.75. The maximum Gasteiger partial charge on any atom is 0.262 e. The summed E-state index contributed by atoms with van der Waals surface area (Å²) in [7, 11) is 0. The summed E-state index contributed by atoms with van der Waals surface area (Å²) in [5.41, 5.74) is 6.07. The zero-order chi connectivity index (χ0) is 14.4. The molecule has 0 aliphatic heterocycles. The SMILES string of the molecule is NCC#Cc1ccsc1C(=O)NCCc1ccc(Cl)s1. The molecule has 3 N–H and O–H groups in total. The molecule has 0 aromatic carbocycles. The van der Waals surface area contributed by atoms with Gasteiger partial charge in [-0.3, -0.25) is 4.79 Å². The van der Waals surface area contributed by atoms with E-state index in [-0.39, 0.29) is 12.5 Å². The highest BCUT2D eigenvalue weighted by Crippen LogP contribution is 2.21. The molecule has 104 valence electrons. The number of halogens is 1. The highest BCUT2D eigenvalue weighted by molar-refractivity contribution is 7.16. The molecule has 3 nitrogen and oxygen atoms in total. The number of hydrogen-bond acceptors (Lipinski definition) is 4. The molecule has 0 saturated carbocycles. The Morgan fingerprint density at radius 3 is 2.95 bits per heavy atom. The Kier molecular flexibility index (Phi) is 5.62. The Morgan fingerprint density at radius 2 is 2.25 bits per heavy atom. The number of rotatable bonds is 4. The Labute approximate surface area is 130 Å². The molecule has 0 saturated heterocycles. The number of hydrogen-bond donors (Lipinski definition) is 2. The normalized spacial score (nSPS) is 9.90. The highest BCUT2D eigenvalue weighted by atomic mass is 35.5. The molecule has 2 rings (SSSR count). The van der Waals surface area contributed by atoms with Gasteiger partial charge < -0.3 is 11.1 Å². The van der Waals surface area contributed by atoms with Gasteiger partial charge in [-0.05, 0) is 30.0 Å². The van der Waals surface area contributed by atoms with Crippen molar-refractivity contribution in [1.82, 2.24) is 5.32 Å². The number of carbonyl (C=O) groups is 1. The summed E-state index contributed by atoms with van der Waals surface area (Å²) in [6, 6.07) is 5.67. The molecule has 0 spiro atoms. The van der Waals surface area contributed by atoms with E-state index in [0.29, 0.717) is 11.4 Å². The zero-order valence-corrected chi connectivity index (χ0v) is 13.0. The van der Waals surface area contributed by atoms with Crippen molar-refractivity contribution in [3.8, 4) is 11.8 Å². The number of nitrogens with one attached hydrogen (secondary N) is 1. The van der Waals surface area contributed by atoms with E-state index < -0.39 is 0 Å². The molecule has 0 bridgehead atoms. The van der Waals surface area contributed by atoms with E-state index in [1.54, 1.807) is 0 Å². The van der Waals surface area contributed by atoms with Crippen molar-refractivity contribution < 1.29 is 4.79 Å². The van der Waals surface area contributed by atoms with Crippen LogP contribution >= 0.6 is 34.3 Å². The molecule has 6 heteroatoms. The summed E-state index contributed by atoms with van der Waals surface area (Å²) in [5.74, 6) is 5.57. The second-order valence-corrected chi connectivity index (χ2v) is 6.60. The van der Waals surface area contributed by atoms with Crippen molar-refractivity contribution in [3.63, 3.8) is 0 Å². The average Bonchev–Trinajstić information content (AvgIpc) is 3.05. The van der Waals surface area contributed by atoms with Crippen LogP contribution in [-0.4, -0.2) is 19.0 Å². The molecule has 0 atom stereocenters. The van der Waals surface area contributed by atoms with Gasteiger partial charge in [0, 0.05) is 17.0 Å². The van der Waals surface area contributed by atoms with Gasteiger partial charge in [-0.15, -0.1) is 22.7 Å². The minimum atomic E-state index is -0.0935. The maximum atomic E-state index is 12.1. The van der Waals surface area contributed by atoms with E-state index in [0.717, 1.165) is 21.2 Å². The number of nitrogens with two attached hydrogens (primary N) is 1. The van der Waals surface area contributed by atoms with Crippen LogP contribution in [0.25, 0.3) is 0 Å². The van der Waals surface area contributed by atoms with Crippen LogP contribution in [-0.2, 0) is 6.42 Å². The topological polar surface area (TPSA) is 55.1 Å². The van der Waals surface area contributed by atoms with E-state index in [9.17, 15) is 4.79 Å². The van der Waals surface area contributed by atoms with Crippen molar-refractivity contribution in [3.05, 3.63) is 43.2 Å². The summed E-state index contributed by atoms with van der Waals surface area (Å²) in [6.45, 7) is 0.868. The molecule has 0 aliphatic rings. The van der Waals surface area contributed by atoms with Gasteiger partial charge in [-0.1, -0.05) is 23.4 Å². The maximum absolute atomic E-state index is 12.1. The van der Waals surface area contributed by atoms with Gasteiger partial charge in [-0.25, -0.2) is 0 Å². The Morgan fingerprint density at radius 1 is 1.40 bits per heavy atom. The number of carbonyl (C=O) groups excluding carboxylic acids is 1. The van der Waals surface area contributed by atoms with E-state index in [1.807, 2.05) is 23.6 Å². The van der Waals surface area contributed by atoms with Crippen LogP contribution in [0.3, 0.4) is 0 Å². The minimum Gasteiger partial charge on any atom is -0.351 e. The van der Waals surface area contributed by atoms with Gasteiger partial charge >= 0.3 is 0 Å². The number of amides is 1. The fourth-order valence-corrected chi connectivity index (χ4v) is 3.45. The van der Waals surface area contributed by atoms with Crippen molar-refractivity contribution in [2.45, 2.75) is 6.42 Å². The van der Waals surface area contributed by atoms with Gasteiger partial charge in [0.2, 0.25) is 0 Å². The second-order valence-electron chi connectivity index (χ2n) is 3.88. The predicted molar refractivity (Wildman–Crippen MR) is 85.6 cm³/mol. The van der Waals surface area contributed by atoms with Crippen molar-refractivity contribution >= 4 is 40.2 Å². The third-order valence-electron chi connectivity index (χ3n) is 2.48. The molecule has 0 radical (unpaired) electrons. The quantitative estimate of drug-likeness (QED) is 0.850. The van der Waals surface area contributed by atoms with Crippen LogP contribution in [0.5, 0.6) is 0 Å². The van der Waals surface area contributed by atoms with Crippen LogP contribution < -0.4 is 11.1 Å². The fraction of sp³-hybridized carbons (Fsp3) is 0.214. The average molecular weight is 325 g/mol. The molecule has 1 amide bonds. The first kappa shape index (κ1) is 15.1. The molecule has 0 aliphatic carbocycles. The van der Waals surface area contributed by atoms with Crippen LogP contribution in [0.2, 0.25) is 4.34 Å². The van der Waals surface area contributed by atoms with E-state index >= 15 is 0 Å². The molecule has 0 fully saturated rings. The van der Waals surface area contributed by atoms with E-state index in [4.69, 9.17) is 17.3 Å². The van der Waals surface area contributed by atoms with Crippen LogP contribution in [0.4, 0.5) is 0 Å². The van der Waals surface area contributed by atoms with Gasteiger partial charge in [0.25, 0.3) is 5.91 Å². The molecule has 2 aromatic heterocycles. The smallest absolute Gasteiger partial charge is 0.262 e. The van der Waals surface area contributed by atoms with Crippen molar-refractivity contribution in [2.75, 3.05) is 13.1 Å². The first-order valence-electron chi connectivity index (χ1n) is 5.99. The molecule has 20 heavy (non-hydrogen) atoms. The molecule has 0 unspecified atom stereocenters. The third kappa shape index (κ3) is 4.09. The zero-order valence-electron chi connectivity index (χ0n) is 10.6. The lowest BCUT2D eigenvalue weighted by molar-refractivity contribution is 0.0958. The number of thiophene rings is 2. The lowest BCUT2D eigenvalue weighted by atomic mass is 10.2. The molecular weight excluding hydrogens is 312 g/mol. The van der Waals surface area contributed by atoms with Crippen LogP contribution in [0.15, 0.2) is 23.6 Å². The summed E-state index contributed by atoms with van der Waals surface area (Å²) < 4.78 is 0.768. The lowest BCUT2D eigenvalue weighted by Gasteiger charge is -2.02. The summed E-state index contributed by atoms with van der Waals surface area (Å²) >= 11 is 8.78. The lowest BCUT2D eigenvalue weighted by Crippen LogP contribution is -2.25. The minimum absolute atomic E-state index is 0.0935. The molecule has 2 aromatic rings. The standard InChI is InChI=1S/C14H13ClN2OS2/c15-12-4-3-11(20-12)5-8-17-14(18)13-10(2-1-7-16)6-9-19-13/h3-4,6,9H,5,7-8,16H2,(H,17,18). The van der Waals surface area contributed by atoms with E-state index in [1.165, 1.54) is 22.7 Å². The first-order valence-corrected chi connectivity index (χ1v) is 8.07. The van der Waals surface area contributed by atoms with Gasteiger partial charge in [0.15, 0.2) is 0 Å². The van der Waals surface area contributed by atoms with Crippen LogP contribution in [0, 0.1) is 11.8 Å². The Balaban J connectivity index is 1.90. The Bertz CT molecular complexity index is 651. The second kappa shape index (κ2) is 7.46. The summed E-state index contributed by atoms with van der Waals surface area (Å²) in [4.78, 5) is 13.9. The van der Waals surface area contributed by atoms with Gasteiger partial charge in [0.05, 0.1) is 10.9 Å². The van der Waals surface area contributed by atoms with Crippen molar-refractivity contribution in [2.24, 2.45) is 5.73 Å². The Hall–Kier alpha value is -1.32. The largest absolute Gasteiger partial charge is 0.351 e. The van der Waals surface area contributed by atoms with Crippen molar-refractivity contribution in [1.29, 1.82) is 0 Å². The highest BCUT2D eigenvalue weighted by Gasteiger charge is 2.11. The van der Waals surface area contributed by atoms with Gasteiger partial charge in [-0.2, -0.15) is 0 Å². The van der Waals surface area contributed by atoms with Gasteiger partial charge in [0.1, 0.15) is 4.88 Å². The molecular formula is C14H13ClN2OS2. The summed E-state index contributed by atoms with van der Waals surface area (Å²) in [6.07, 6.45) is 0.776.